The van der Waals surface area contributed by atoms with E-state index in [2.05, 4.69) is 49.7 Å². The Labute approximate surface area is 119 Å². The van der Waals surface area contributed by atoms with Crippen LogP contribution in [0.25, 0.3) is 0 Å². The van der Waals surface area contributed by atoms with Gasteiger partial charge in [0.1, 0.15) is 0 Å². The van der Waals surface area contributed by atoms with Crippen LogP contribution in [-0.4, -0.2) is 73.9 Å². The van der Waals surface area contributed by atoms with Crippen molar-refractivity contribution in [2.45, 2.75) is 52.2 Å². The third-order valence-corrected chi connectivity index (χ3v) is 3.95. The predicted octanol–water partition coefficient (Wildman–Crippen LogP) is 1.42. The van der Waals surface area contributed by atoms with Crippen molar-refractivity contribution >= 4 is 0 Å². The number of methoxy groups -OCH3 is 1. The van der Waals surface area contributed by atoms with Gasteiger partial charge in [-0.2, -0.15) is 0 Å². The molecule has 1 saturated heterocycles. The molecule has 0 aromatic heterocycles. The second-order valence-electron chi connectivity index (χ2n) is 6.71. The van der Waals surface area contributed by atoms with Gasteiger partial charge >= 0.3 is 0 Å². The second kappa shape index (κ2) is 7.58. The minimum atomic E-state index is 0.169. The van der Waals surface area contributed by atoms with E-state index < -0.39 is 0 Å². The first kappa shape index (κ1) is 16.9. The van der Waals surface area contributed by atoms with Gasteiger partial charge in [0, 0.05) is 50.9 Å². The van der Waals surface area contributed by atoms with E-state index >= 15 is 0 Å². The van der Waals surface area contributed by atoms with E-state index in [-0.39, 0.29) is 5.54 Å². The largest absolute Gasteiger partial charge is 0.383 e. The van der Waals surface area contributed by atoms with Gasteiger partial charge in [0.15, 0.2) is 0 Å². The van der Waals surface area contributed by atoms with Crippen molar-refractivity contribution in [2.24, 2.45) is 0 Å². The van der Waals surface area contributed by atoms with Crippen molar-refractivity contribution in [3.63, 3.8) is 0 Å². The van der Waals surface area contributed by atoms with Crippen LogP contribution in [-0.2, 0) is 4.74 Å². The zero-order chi connectivity index (χ0) is 14.5. The molecule has 0 aromatic rings. The average Bonchev–Trinajstić information content (AvgIpc) is 2.33. The van der Waals surface area contributed by atoms with Crippen LogP contribution in [0.5, 0.6) is 0 Å². The van der Waals surface area contributed by atoms with Crippen LogP contribution in [0.2, 0.25) is 0 Å². The van der Waals surface area contributed by atoms with Gasteiger partial charge in [-0.15, -0.1) is 0 Å². The molecule has 2 unspecified atom stereocenters. The number of piperazine rings is 1. The van der Waals surface area contributed by atoms with E-state index in [0.29, 0.717) is 12.1 Å². The molecule has 0 amide bonds. The molecular weight excluding hydrogens is 238 g/mol. The smallest absolute Gasteiger partial charge is 0.0630 e. The monoisotopic (exact) mass is 271 g/mol. The lowest BCUT2D eigenvalue weighted by atomic mass is 10.1. The molecule has 0 aromatic carbocycles. The van der Waals surface area contributed by atoms with Crippen molar-refractivity contribution < 1.29 is 4.74 Å². The third kappa shape index (κ3) is 5.78. The molecule has 0 radical (unpaired) electrons. The van der Waals surface area contributed by atoms with Crippen molar-refractivity contribution in [3.8, 4) is 0 Å². The fraction of sp³-hybridized carbons (Fsp3) is 1.00. The molecule has 0 aliphatic carbocycles. The minimum absolute atomic E-state index is 0.169. The Morgan fingerprint density at radius 2 is 2.00 bits per heavy atom. The molecule has 2 atom stereocenters. The quantitative estimate of drug-likeness (QED) is 0.791. The van der Waals surface area contributed by atoms with Crippen LogP contribution in [0.1, 0.15) is 34.6 Å². The van der Waals surface area contributed by atoms with Crippen LogP contribution >= 0.6 is 0 Å². The van der Waals surface area contributed by atoms with E-state index in [4.69, 9.17) is 4.74 Å². The molecule has 1 N–H and O–H groups in total. The molecular formula is C15H33N3O. The Morgan fingerprint density at radius 3 is 2.47 bits per heavy atom. The van der Waals surface area contributed by atoms with Crippen LogP contribution in [0.15, 0.2) is 0 Å². The maximum atomic E-state index is 5.42. The van der Waals surface area contributed by atoms with E-state index in [1.807, 2.05) is 0 Å². The molecule has 4 heteroatoms. The summed E-state index contributed by atoms with van der Waals surface area (Å²) in [5.41, 5.74) is 0.169. The summed E-state index contributed by atoms with van der Waals surface area (Å²) in [7, 11) is 1.80. The van der Waals surface area contributed by atoms with Crippen LogP contribution < -0.4 is 5.32 Å². The maximum Gasteiger partial charge on any atom is 0.0630 e. The molecule has 19 heavy (non-hydrogen) atoms. The topological polar surface area (TPSA) is 27.7 Å². The Kier molecular flexibility index (Phi) is 6.74. The number of nitrogens with one attached hydrogen (secondary N) is 1. The lowest BCUT2D eigenvalue weighted by Crippen LogP contribution is -2.58. The summed E-state index contributed by atoms with van der Waals surface area (Å²) < 4.78 is 5.42. The van der Waals surface area contributed by atoms with Gasteiger partial charge in [-0.25, -0.2) is 0 Å². The summed E-state index contributed by atoms with van der Waals surface area (Å²) in [6.45, 7) is 17.7. The number of hydrogen-bond donors (Lipinski definition) is 1. The van der Waals surface area contributed by atoms with Gasteiger partial charge < -0.3 is 10.1 Å². The highest BCUT2D eigenvalue weighted by atomic mass is 16.5. The zero-order valence-corrected chi connectivity index (χ0v) is 13.7. The van der Waals surface area contributed by atoms with Gasteiger partial charge in [0.25, 0.3) is 0 Å². The number of likely N-dealkylation sites (N-methyl/N-ethyl adjacent to an activating group) is 1. The molecule has 0 saturated carbocycles. The Bertz CT molecular complexity index is 252. The third-order valence-electron chi connectivity index (χ3n) is 3.95. The fourth-order valence-electron chi connectivity index (χ4n) is 2.73. The number of ether oxygens (including phenoxy) is 1. The summed E-state index contributed by atoms with van der Waals surface area (Å²) in [4.78, 5) is 5.14. The summed E-state index contributed by atoms with van der Waals surface area (Å²) >= 11 is 0. The maximum absolute atomic E-state index is 5.42. The molecule has 1 aliphatic rings. The molecule has 4 nitrogen and oxygen atoms in total. The molecule has 1 heterocycles. The highest BCUT2D eigenvalue weighted by molar-refractivity contribution is 4.85. The SMILES string of the molecule is CCN1CCN(C(CNC(C)(C)C)COC)CC1C. The highest BCUT2D eigenvalue weighted by Gasteiger charge is 2.28. The first-order valence-corrected chi connectivity index (χ1v) is 7.59. The van der Waals surface area contributed by atoms with E-state index in [9.17, 15) is 0 Å². The Hall–Kier alpha value is -0.160. The van der Waals surface area contributed by atoms with Crippen molar-refractivity contribution in [1.29, 1.82) is 0 Å². The molecule has 1 fully saturated rings. The molecule has 114 valence electrons. The van der Waals surface area contributed by atoms with Crippen molar-refractivity contribution in [3.05, 3.63) is 0 Å². The van der Waals surface area contributed by atoms with E-state index in [1.54, 1.807) is 7.11 Å². The van der Waals surface area contributed by atoms with Crippen LogP contribution in [0.3, 0.4) is 0 Å². The summed E-state index contributed by atoms with van der Waals surface area (Å²) in [6, 6.07) is 1.12. The summed E-state index contributed by atoms with van der Waals surface area (Å²) in [5, 5.41) is 3.61. The number of nitrogens with zero attached hydrogens (tertiary/aromatic N) is 2. The minimum Gasteiger partial charge on any atom is -0.383 e. The van der Waals surface area contributed by atoms with Gasteiger partial charge in [0.05, 0.1) is 6.61 Å². The second-order valence-corrected chi connectivity index (χ2v) is 6.71. The first-order chi connectivity index (χ1) is 8.87. The highest BCUT2D eigenvalue weighted by Crippen LogP contribution is 2.13. The van der Waals surface area contributed by atoms with Gasteiger partial charge in [-0.3, -0.25) is 9.80 Å². The normalized spacial score (nSPS) is 24.6. The van der Waals surface area contributed by atoms with Crippen LogP contribution in [0.4, 0.5) is 0 Å². The Balaban J connectivity index is 2.52. The lowest BCUT2D eigenvalue weighted by molar-refractivity contribution is 0.0247. The fourth-order valence-corrected chi connectivity index (χ4v) is 2.73. The average molecular weight is 271 g/mol. The predicted molar refractivity (Wildman–Crippen MR) is 81.7 cm³/mol. The Morgan fingerprint density at radius 1 is 1.32 bits per heavy atom. The van der Waals surface area contributed by atoms with Gasteiger partial charge in [-0.1, -0.05) is 6.92 Å². The summed E-state index contributed by atoms with van der Waals surface area (Å²) in [6.07, 6.45) is 0. The molecule has 1 aliphatic heterocycles. The standard InChI is InChI=1S/C15H33N3O/c1-7-17-8-9-18(11-13(17)2)14(12-19-6)10-16-15(3,4)5/h13-14,16H,7-12H2,1-6H3. The van der Waals surface area contributed by atoms with Gasteiger partial charge in [-0.05, 0) is 34.2 Å². The van der Waals surface area contributed by atoms with Crippen molar-refractivity contribution in [1.82, 2.24) is 15.1 Å². The van der Waals surface area contributed by atoms with E-state index in [1.165, 1.54) is 6.54 Å². The lowest BCUT2D eigenvalue weighted by Gasteiger charge is -2.43. The number of rotatable bonds is 6. The van der Waals surface area contributed by atoms with E-state index in [0.717, 1.165) is 32.8 Å². The number of hydrogen-bond acceptors (Lipinski definition) is 4. The van der Waals surface area contributed by atoms with Gasteiger partial charge in [0.2, 0.25) is 0 Å². The summed E-state index contributed by atoms with van der Waals surface area (Å²) in [5.74, 6) is 0. The first-order valence-electron chi connectivity index (χ1n) is 7.59. The molecule has 0 bridgehead atoms. The van der Waals surface area contributed by atoms with Crippen molar-refractivity contribution in [2.75, 3.05) is 46.4 Å². The molecule has 1 rings (SSSR count). The van der Waals surface area contributed by atoms with Crippen LogP contribution in [0, 0.1) is 0 Å². The molecule has 0 spiro atoms. The zero-order valence-electron chi connectivity index (χ0n) is 13.7.